The molecule has 0 atom stereocenters. The zero-order chi connectivity index (χ0) is 18.6. The molecule has 140 valence electrons. The maximum Gasteiger partial charge on any atom is 0.165 e. The molecule has 2 aromatic carbocycles. The molecule has 27 heavy (non-hydrogen) atoms. The summed E-state index contributed by atoms with van der Waals surface area (Å²) in [5.74, 6) is -0.265. The fourth-order valence-corrected chi connectivity index (χ4v) is 3.36. The van der Waals surface area contributed by atoms with Gasteiger partial charge in [-0.25, -0.2) is 13.5 Å². The Kier molecular flexibility index (Phi) is 5.16. The van der Waals surface area contributed by atoms with E-state index >= 15 is 0 Å². The van der Waals surface area contributed by atoms with Crippen LogP contribution in [0.5, 0.6) is 5.75 Å². The van der Waals surface area contributed by atoms with Gasteiger partial charge in [-0.05, 0) is 43.2 Å². The molecule has 0 N–H and O–H groups in total. The molecule has 0 radical (unpaired) electrons. The van der Waals surface area contributed by atoms with Gasteiger partial charge >= 0.3 is 0 Å². The third-order valence-corrected chi connectivity index (χ3v) is 4.78. The van der Waals surface area contributed by atoms with Crippen LogP contribution in [-0.4, -0.2) is 33.9 Å². The maximum atomic E-state index is 13.7. The Morgan fingerprint density at radius 3 is 2.63 bits per heavy atom. The standard InChI is InChI=1S/C21H21F2N3O/c22-17-4-3-5-18(12-17)26-15-16(13-24-26)14-25-10-8-19(9-11-25)27-21-7-2-1-6-20(21)23/h1-7,12-13,15,19H,8-11,14H2. The van der Waals surface area contributed by atoms with Crippen LogP contribution in [0.4, 0.5) is 8.78 Å². The second-order valence-corrected chi connectivity index (χ2v) is 6.80. The van der Waals surface area contributed by atoms with Gasteiger partial charge in [-0.2, -0.15) is 5.10 Å². The van der Waals surface area contributed by atoms with Crippen LogP contribution in [-0.2, 0) is 6.54 Å². The third-order valence-electron chi connectivity index (χ3n) is 4.78. The van der Waals surface area contributed by atoms with Crippen molar-refractivity contribution >= 4 is 0 Å². The van der Waals surface area contributed by atoms with Gasteiger partial charge in [0.15, 0.2) is 11.6 Å². The zero-order valence-corrected chi connectivity index (χ0v) is 14.9. The number of nitrogens with zero attached hydrogens (tertiary/aromatic N) is 3. The van der Waals surface area contributed by atoms with Crippen molar-refractivity contribution in [3.63, 3.8) is 0 Å². The molecule has 3 aromatic rings. The van der Waals surface area contributed by atoms with Crippen molar-refractivity contribution in [3.8, 4) is 11.4 Å². The van der Waals surface area contributed by atoms with Crippen molar-refractivity contribution in [1.82, 2.24) is 14.7 Å². The molecule has 0 saturated carbocycles. The topological polar surface area (TPSA) is 30.3 Å². The first-order valence-corrected chi connectivity index (χ1v) is 9.10. The first-order valence-electron chi connectivity index (χ1n) is 9.10. The second-order valence-electron chi connectivity index (χ2n) is 6.80. The molecule has 2 heterocycles. The predicted octanol–water partition coefficient (Wildman–Crippen LogP) is 4.19. The van der Waals surface area contributed by atoms with Crippen molar-refractivity contribution in [2.24, 2.45) is 0 Å². The molecule has 6 heteroatoms. The van der Waals surface area contributed by atoms with Gasteiger partial charge in [0.05, 0.1) is 11.9 Å². The summed E-state index contributed by atoms with van der Waals surface area (Å²) >= 11 is 0. The molecule has 0 amide bonds. The lowest BCUT2D eigenvalue weighted by Crippen LogP contribution is -2.37. The highest BCUT2D eigenvalue weighted by atomic mass is 19.1. The van der Waals surface area contributed by atoms with Crippen molar-refractivity contribution < 1.29 is 13.5 Å². The monoisotopic (exact) mass is 369 g/mol. The van der Waals surface area contributed by atoms with E-state index in [1.165, 1.54) is 18.2 Å². The van der Waals surface area contributed by atoms with E-state index in [0.717, 1.165) is 38.0 Å². The van der Waals surface area contributed by atoms with E-state index in [1.54, 1.807) is 28.9 Å². The first kappa shape index (κ1) is 17.7. The quantitative estimate of drug-likeness (QED) is 0.675. The van der Waals surface area contributed by atoms with Crippen molar-refractivity contribution in [2.75, 3.05) is 13.1 Å². The maximum absolute atomic E-state index is 13.7. The van der Waals surface area contributed by atoms with Crippen molar-refractivity contribution in [1.29, 1.82) is 0 Å². The third kappa shape index (κ3) is 4.34. The highest BCUT2D eigenvalue weighted by Gasteiger charge is 2.21. The summed E-state index contributed by atoms with van der Waals surface area (Å²) in [6, 6.07) is 12.9. The fourth-order valence-electron chi connectivity index (χ4n) is 3.36. The second kappa shape index (κ2) is 7.88. The molecular weight excluding hydrogens is 348 g/mol. The number of aromatic nitrogens is 2. The Bertz CT molecular complexity index is 904. The van der Waals surface area contributed by atoms with Crippen LogP contribution in [0.2, 0.25) is 0 Å². The van der Waals surface area contributed by atoms with Gasteiger partial charge in [0.2, 0.25) is 0 Å². The summed E-state index contributed by atoms with van der Waals surface area (Å²) in [6.07, 6.45) is 5.48. The van der Waals surface area contributed by atoms with Crippen molar-refractivity contribution in [2.45, 2.75) is 25.5 Å². The van der Waals surface area contributed by atoms with Gasteiger partial charge in [0, 0.05) is 31.4 Å². The van der Waals surface area contributed by atoms with Crippen LogP contribution in [0.3, 0.4) is 0 Å². The number of rotatable bonds is 5. The summed E-state index contributed by atoms with van der Waals surface area (Å²) in [6.45, 7) is 2.54. The first-order chi connectivity index (χ1) is 13.2. The molecule has 0 aliphatic carbocycles. The fraction of sp³-hybridized carbons (Fsp3) is 0.286. The Morgan fingerprint density at radius 2 is 1.85 bits per heavy atom. The molecule has 4 rings (SSSR count). The van der Waals surface area contributed by atoms with Crippen LogP contribution < -0.4 is 4.74 Å². The SMILES string of the molecule is Fc1cccc(-n2cc(CN3CCC(Oc4ccccc4F)CC3)cn2)c1. The van der Waals surface area contributed by atoms with Crippen LogP contribution in [0.1, 0.15) is 18.4 Å². The lowest BCUT2D eigenvalue weighted by molar-refractivity contribution is 0.0935. The minimum Gasteiger partial charge on any atom is -0.487 e. The molecule has 4 nitrogen and oxygen atoms in total. The summed E-state index contributed by atoms with van der Waals surface area (Å²) in [4.78, 5) is 2.33. The van der Waals surface area contributed by atoms with Gasteiger partial charge in [0.1, 0.15) is 11.9 Å². The average Bonchev–Trinajstić information content (AvgIpc) is 3.14. The number of benzene rings is 2. The molecule has 1 fully saturated rings. The van der Waals surface area contributed by atoms with E-state index in [9.17, 15) is 8.78 Å². The van der Waals surface area contributed by atoms with Crippen LogP contribution >= 0.6 is 0 Å². The van der Waals surface area contributed by atoms with Crippen LogP contribution in [0, 0.1) is 11.6 Å². The van der Waals surface area contributed by atoms with E-state index in [2.05, 4.69) is 10.00 Å². The minimum absolute atomic E-state index is 0.0353. The molecule has 1 aliphatic heterocycles. The smallest absolute Gasteiger partial charge is 0.165 e. The summed E-state index contributed by atoms with van der Waals surface area (Å²) in [5.41, 5.74) is 1.78. The Labute approximate surface area is 157 Å². The van der Waals surface area contributed by atoms with E-state index in [1.807, 2.05) is 18.5 Å². The molecule has 0 bridgehead atoms. The number of hydrogen-bond acceptors (Lipinski definition) is 3. The number of ether oxygens (including phenoxy) is 1. The number of halogens is 2. The van der Waals surface area contributed by atoms with Crippen LogP contribution in [0.25, 0.3) is 5.69 Å². The highest BCUT2D eigenvalue weighted by molar-refractivity contribution is 5.31. The molecule has 1 aromatic heterocycles. The van der Waals surface area contributed by atoms with Gasteiger partial charge in [-0.15, -0.1) is 0 Å². The zero-order valence-electron chi connectivity index (χ0n) is 14.9. The number of para-hydroxylation sites is 1. The molecular formula is C21H21F2N3O. The van der Waals surface area contributed by atoms with Gasteiger partial charge in [-0.3, -0.25) is 4.90 Å². The summed E-state index contributed by atoms with van der Waals surface area (Å²) in [7, 11) is 0. The summed E-state index contributed by atoms with van der Waals surface area (Å²) in [5, 5.41) is 4.33. The number of piperidine rings is 1. The average molecular weight is 369 g/mol. The van der Waals surface area contributed by atoms with Gasteiger partial charge in [-0.1, -0.05) is 18.2 Å². The van der Waals surface area contributed by atoms with Crippen molar-refractivity contribution in [3.05, 3.63) is 78.1 Å². The van der Waals surface area contributed by atoms with E-state index < -0.39 is 0 Å². The Balaban J connectivity index is 1.31. The van der Waals surface area contributed by atoms with Crippen LogP contribution in [0.15, 0.2) is 60.9 Å². The van der Waals surface area contributed by atoms with E-state index in [4.69, 9.17) is 4.74 Å². The Morgan fingerprint density at radius 1 is 1.04 bits per heavy atom. The Hall–Kier alpha value is -2.73. The molecule has 0 spiro atoms. The van der Waals surface area contributed by atoms with Gasteiger partial charge in [0.25, 0.3) is 0 Å². The molecule has 1 saturated heterocycles. The summed E-state index contributed by atoms with van der Waals surface area (Å²) < 4.78 is 34.6. The van der Waals surface area contributed by atoms with E-state index in [-0.39, 0.29) is 17.7 Å². The molecule has 0 unspecified atom stereocenters. The lowest BCUT2D eigenvalue weighted by Gasteiger charge is -2.31. The largest absolute Gasteiger partial charge is 0.487 e. The molecule has 1 aliphatic rings. The lowest BCUT2D eigenvalue weighted by atomic mass is 10.1. The van der Waals surface area contributed by atoms with Gasteiger partial charge < -0.3 is 4.74 Å². The minimum atomic E-state index is -0.315. The normalized spacial score (nSPS) is 15.8. The number of hydrogen-bond donors (Lipinski definition) is 0. The van der Waals surface area contributed by atoms with E-state index in [0.29, 0.717) is 11.4 Å². The highest BCUT2D eigenvalue weighted by Crippen LogP contribution is 2.22. The number of likely N-dealkylation sites (tertiary alicyclic amines) is 1. The predicted molar refractivity (Wildman–Crippen MR) is 98.8 cm³/mol.